The Hall–Kier alpha value is -1.58. The minimum atomic E-state index is -4.36. The number of ether oxygens (including phenoxy) is 1. The van der Waals surface area contributed by atoms with Crippen LogP contribution in [-0.2, 0) is 19.6 Å². The van der Waals surface area contributed by atoms with Crippen LogP contribution in [0.2, 0.25) is 0 Å². The first-order chi connectivity index (χ1) is 10.2. The number of likely N-dealkylation sites (N-methyl/N-ethyl adjacent to an activating group) is 1. The zero-order valence-corrected chi connectivity index (χ0v) is 13.4. The minimum absolute atomic E-state index is 0.0108. The maximum Gasteiger partial charge on any atom is 0.246 e. The SMILES string of the molecule is COCCN(CC(=O)N(C)C)S(=O)(=O)c1cc(F)ccc1F. The quantitative estimate of drug-likeness (QED) is 0.735. The van der Waals surface area contributed by atoms with Crippen LogP contribution in [0.4, 0.5) is 8.78 Å². The maximum absolute atomic E-state index is 13.7. The van der Waals surface area contributed by atoms with Crippen LogP contribution in [0.25, 0.3) is 0 Å². The van der Waals surface area contributed by atoms with Gasteiger partial charge in [0.25, 0.3) is 0 Å². The molecule has 0 aromatic heterocycles. The molecule has 1 aromatic rings. The van der Waals surface area contributed by atoms with Crippen LogP contribution >= 0.6 is 0 Å². The number of hydrogen-bond acceptors (Lipinski definition) is 4. The van der Waals surface area contributed by atoms with Gasteiger partial charge in [-0.3, -0.25) is 4.79 Å². The number of hydrogen-bond donors (Lipinski definition) is 0. The average molecular weight is 336 g/mol. The van der Waals surface area contributed by atoms with Crippen molar-refractivity contribution < 1.29 is 26.7 Å². The summed E-state index contributed by atoms with van der Waals surface area (Å²) in [6, 6.07) is 2.13. The number of methoxy groups -OCH3 is 1. The van der Waals surface area contributed by atoms with E-state index in [0.717, 1.165) is 16.4 Å². The highest BCUT2D eigenvalue weighted by Crippen LogP contribution is 2.20. The van der Waals surface area contributed by atoms with Crippen molar-refractivity contribution >= 4 is 15.9 Å². The Morgan fingerprint density at radius 3 is 2.45 bits per heavy atom. The van der Waals surface area contributed by atoms with E-state index in [4.69, 9.17) is 4.74 Å². The summed E-state index contributed by atoms with van der Waals surface area (Å²) in [5, 5.41) is 0. The Morgan fingerprint density at radius 1 is 1.27 bits per heavy atom. The predicted molar refractivity (Wildman–Crippen MR) is 75.7 cm³/mol. The van der Waals surface area contributed by atoms with Crippen molar-refractivity contribution in [1.29, 1.82) is 0 Å². The lowest BCUT2D eigenvalue weighted by atomic mass is 10.3. The number of sulfonamides is 1. The van der Waals surface area contributed by atoms with Crippen molar-refractivity contribution in [1.82, 2.24) is 9.21 Å². The summed E-state index contributed by atoms with van der Waals surface area (Å²) in [4.78, 5) is 12.2. The molecule has 0 saturated carbocycles. The predicted octanol–water partition coefficient (Wildman–Crippen LogP) is 0.690. The molecule has 0 aliphatic carbocycles. The largest absolute Gasteiger partial charge is 0.383 e. The molecule has 0 fully saturated rings. The molecule has 0 aliphatic rings. The maximum atomic E-state index is 13.7. The molecule has 1 amide bonds. The van der Waals surface area contributed by atoms with Crippen LogP contribution in [0.15, 0.2) is 23.1 Å². The zero-order valence-electron chi connectivity index (χ0n) is 12.5. The summed E-state index contributed by atoms with van der Waals surface area (Å²) in [6.45, 7) is -0.639. The van der Waals surface area contributed by atoms with Gasteiger partial charge in [-0.2, -0.15) is 4.31 Å². The fourth-order valence-corrected chi connectivity index (χ4v) is 3.03. The molecule has 124 valence electrons. The number of halogens is 2. The van der Waals surface area contributed by atoms with Gasteiger partial charge in [0.1, 0.15) is 16.5 Å². The van der Waals surface area contributed by atoms with Gasteiger partial charge in [0.05, 0.1) is 13.2 Å². The minimum Gasteiger partial charge on any atom is -0.383 e. The van der Waals surface area contributed by atoms with Crippen LogP contribution in [0.3, 0.4) is 0 Å². The van der Waals surface area contributed by atoms with Crippen LogP contribution in [0.1, 0.15) is 0 Å². The number of benzene rings is 1. The van der Waals surface area contributed by atoms with E-state index in [2.05, 4.69) is 0 Å². The lowest BCUT2D eigenvalue weighted by Crippen LogP contribution is -2.42. The van der Waals surface area contributed by atoms with Gasteiger partial charge in [0.2, 0.25) is 15.9 Å². The summed E-state index contributed by atoms with van der Waals surface area (Å²) >= 11 is 0. The fourth-order valence-electron chi connectivity index (χ4n) is 1.58. The summed E-state index contributed by atoms with van der Waals surface area (Å²) in [6.07, 6.45) is 0. The first-order valence-corrected chi connectivity index (χ1v) is 7.78. The number of amides is 1. The Kier molecular flexibility index (Phi) is 6.39. The Bertz CT molecular complexity index is 635. The first kappa shape index (κ1) is 18.5. The molecule has 6 nitrogen and oxygen atoms in total. The normalized spacial score (nSPS) is 11.7. The molecule has 0 saturated heterocycles. The summed E-state index contributed by atoms with van der Waals surface area (Å²) < 4.78 is 57.5. The van der Waals surface area contributed by atoms with E-state index < -0.39 is 39.0 Å². The molecule has 0 radical (unpaired) electrons. The van der Waals surface area contributed by atoms with E-state index >= 15 is 0 Å². The molecule has 0 N–H and O–H groups in total. The van der Waals surface area contributed by atoms with Gasteiger partial charge in [-0.25, -0.2) is 17.2 Å². The van der Waals surface area contributed by atoms with Crippen molar-refractivity contribution in [3.8, 4) is 0 Å². The molecule has 0 aliphatic heterocycles. The summed E-state index contributed by atoms with van der Waals surface area (Å²) in [5.41, 5.74) is 0. The van der Waals surface area contributed by atoms with Gasteiger partial charge in [-0.1, -0.05) is 0 Å². The molecule has 22 heavy (non-hydrogen) atoms. The van der Waals surface area contributed by atoms with Crippen molar-refractivity contribution in [2.45, 2.75) is 4.90 Å². The second-order valence-corrected chi connectivity index (χ2v) is 6.60. The standard InChI is InChI=1S/C13H18F2N2O4S/c1-16(2)13(18)9-17(6-7-21-3)22(19,20)12-8-10(14)4-5-11(12)15/h4-5,8H,6-7,9H2,1-3H3. The molecule has 0 unspecified atom stereocenters. The van der Waals surface area contributed by atoms with Gasteiger partial charge in [-0.15, -0.1) is 0 Å². The van der Waals surface area contributed by atoms with E-state index in [1.807, 2.05) is 0 Å². The molecule has 9 heteroatoms. The lowest BCUT2D eigenvalue weighted by molar-refractivity contribution is -0.128. The van der Waals surface area contributed by atoms with Crippen LogP contribution in [0, 0.1) is 11.6 Å². The van der Waals surface area contributed by atoms with Gasteiger partial charge in [0.15, 0.2) is 0 Å². The summed E-state index contributed by atoms with van der Waals surface area (Å²) in [5.74, 6) is -2.46. The third kappa shape index (κ3) is 4.46. The number of carbonyl (C=O) groups is 1. The van der Waals surface area contributed by atoms with E-state index in [9.17, 15) is 22.0 Å². The topological polar surface area (TPSA) is 66.9 Å². The van der Waals surface area contributed by atoms with E-state index in [0.29, 0.717) is 6.07 Å². The molecule has 0 atom stereocenters. The highest BCUT2D eigenvalue weighted by molar-refractivity contribution is 7.89. The van der Waals surface area contributed by atoms with Crippen molar-refractivity contribution in [3.05, 3.63) is 29.8 Å². The molecule has 1 rings (SSSR count). The summed E-state index contributed by atoms with van der Waals surface area (Å²) in [7, 11) is -0.0728. The highest BCUT2D eigenvalue weighted by Gasteiger charge is 2.29. The third-order valence-corrected chi connectivity index (χ3v) is 4.73. The van der Waals surface area contributed by atoms with Crippen LogP contribution < -0.4 is 0 Å². The molecule has 0 spiro atoms. The van der Waals surface area contributed by atoms with E-state index in [1.165, 1.54) is 26.1 Å². The van der Waals surface area contributed by atoms with Gasteiger partial charge in [-0.05, 0) is 18.2 Å². The fraction of sp³-hybridized carbons (Fsp3) is 0.462. The molecule has 1 aromatic carbocycles. The number of nitrogens with zero attached hydrogens (tertiary/aromatic N) is 2. The monoisotopic (exact) mass is 336 g/mol. The molecule has 0 bridgehead atoms. The first-order valence-electron chi connectivity index (χ1n) is 6.34. The third-order valence-electron chi connectivity index (χ3n) is 2.87. The van der Waals surface area contributed by atoms with Crippen LogP contribution in [-0.4, -0.2) is 64.4 Å². The second-order valence-electron chi connectivity index (χ2n) is 4.69. The molecular formula is C13H18F2N2O4S. The highest BCUT2D eigenvalue weighted by atomic mass is 32.2. The second kappa shape index (κ2) is 7.61. The Balaban J connectivity index is 3.20. The average Bonchev–Trinajstić information content (AvgIpc) is 2.45. The molecular weight excluding hydrogens is 318 g/mol. The van der Waals surface area contributed by atoms with Gasteiger partial charge in [0, 0.05) is 27.7 Å². The zero-order chi connectivity index (χ0) is 16.9. The van der Waals surface area contributed by atoms with Crippen molar-refractivity contribution in [2.75, 3.05) is 40.9 Å². The lowest BCUT2D eigenvalue weighted by Gasteiger charge is -2.23. The van der Waals surface area contributed by atoms with E-state index in [-0.39, 0.29) is 13.2 Å². The number of rotatable bonds is 7. The Morgan fingerprint density at radius 2 is 1.91 bits per heavy atom. The van der Waals surface area contributed by atoms with Gasteiger partial charge >= 0.3 is 0 Å². The molecule has 0 heterocycles. The van der Waals surface area contributed by atoms with Gasteiger partial charge < -0.3 is 9.64 Å². The Labute approximate surface area is 128 Å². The number of carbonyl (C=O) groups excluding carboxylic acids is 1. The van der Waals surface area contributed by atoms with Crippen LogP contribution in [0.5, 0.6) is 0 Å². The van der Waals surface area contributed by atoms with Crippen molar-refractivity contribution in [3.63, 3.8) is 0 Å². The smallest absolute Gasteiger partial charge is 0.246 e. The van der Waals surface area contributed by atoms with E-state index in [1.54, 1.807) is 0 Å². The van der Waals surface area contributed by atoms with Crippen molar-refractivity contribution in [2.24, 2.45) is 0 Å².